The van der Waals surface area contributed by atoms with Gasteiger partial charge in [0.05, 0.1) is 59.5 Å². The standard InChI is InChI=1S/C26H56NO7/c1-4-5-6-7-8-9-10-11-12-13-14-15-16-29-17-18-30-19-20-31-21-22-32-23-24-33-25-26-34-27(2,3)28/h28H,4-26H2,1-3H3/q+1. The molecule has 8 heteroatoms. The van der Waals surface area contributed by atoms with Crippen molar-refractivity contribution in [2.75, 3.05) is 86.8 Å². The maximum Gasteiger partial charge on any atom is 0.134 e. The van der Waals surface area contributed by atoms with Crippen LogP contribution in [0.2, 0.25) is 0 Å². The maximum absolute atomic E-state index is 9.32. The Kier molecular flexibility index (Phi) is 27.0. The molecule has 206 valence electrons. The van der Waals surface area contributed by atoms with Crippen molar-refractivity contribution >= 4 is 0 Å². The minimum Gasteiger partial charge on any atom is -0.379 e. The molecule has 0 rings (SSSR count). The Morgan fingerprint density at radius 2 is 0.706 bits per heavy atom. The van der Waals surface area contributed by atoms with E-state index in [9.17, 15) is 5.21 Å². The third-order valence-corrected chi connectivity index (χ3v) is 5.27. The van der Waals surface area contributed by atoms with Gasteiger partial charge >= 0.3 is 0 Å². The normalized spacial score (nSPS) is 12.0. The van der Waals surface area contributed by atoms with Gasteiger partial charge in [0.15, 0.2) is 0 Å². The summed E-state index contributed by atoms with van der Waals surface area (Å²) in [7, 11) is 3.06. The first kappa shape index (κ1) is 33.7. The van der Waals surface area contributed by atoms with Crippen molar-refractivity contribution < 1.29 is 38.5 Å². The molecule has 8 nitrogen and oxygen atoms in total. The number of hydroxylamine groups is 4. The van der Waals surface area contributed by atoms with Crippen LogP contribution in [0.4, 0.5) is 0 Å². The summed E-state index contributed by atoms with van der Waals surface area (Å²) in [4.78, 5) is 4.55. The molecule has 0 heterocycles. The number of nitrogens with zero attached hydrogens (tertiary/aromatic N) is 1. The molecule has 0 fully saturated rings. The highest BCUT2D eigenvalue weighted by atomic mass is 16.9. The van der Waals surface area contributed by atoms with Crippen molar-refractivity contribution in [1.29, 1.82) is 0 Å². The molecular formula is C26H56NO7+. The lowest BCUT2D eigenvalue weighted by Gasteiger charge is -2.16. The Morgan fingerprint density at radius 1 is 0.412 bits per heavy atom. The Bertz CT molecular complexity index is 381. The highest BCUT2D eigenvalue weighted by Gasteiger charge is 2.10. The fourth-order valence-electron chi connectivity index (χ4n) is 3.35. The molecule has 0 spiro atoms. The predicted molar refractivity (Wildman–Crippen MR) is 135 cm³/mol. The number of rotatable bonds is 29. The highest BCUT2D eigenvalue weighted by Crippen LogP contribution is 2.11. The van der Waals surface area contributed by atoms with Crippen LogP contribution in [0, 0.1) is 0 Å². The number of ether oxygens (including phenoxy) is 5. The first-order chi connectivity index (χ1) is 16.6. The minimum absolute atomic E-state index is 0.330. The zero-order chi connectivity index (χ0) is 25.0. The topological polar surface area (TPSA) is 75.6 Å². The van der Waals surface area contributed by atoms with Gasteiger partial charge < -0.3 is 23.7 Å². The van der Waals surface area contributed by atoms with Crippen LogP contribution < -0.4 is 0 Å². The molecule has 0 saturated carbocycles. The Hall–Kier alpha value is -0.320. The Morgan fingerprint density at radius 3 is 1.06 bits per heavy atom. The number of unbranched alkanes of at least 4 members (excludes halogenated alkanes) is 11. The molecule has 0 aromatic rings. The zero-order valence-corrected chi connectivity index (χ0v) is 22.6. The van der Waals surface area contributed by atoms with E-state index in [1.165, 1.54) is 84.7 Å². The first-order valence-electron chi connectivity index (χ1n) is 13.7. The van der Waals surface area contributed by atoms with E-state index in [0.717, 1.165) is 13.0 Å². The third kappa shape index (κ3) is 31.7. The lowest BCUT2D eigenvalue weighted by molar-refractivity contribution is -1.22. The quantitative estimate of drug-likeness (QED) is 0.0873. The van der Waals surface area contributed by atoms with E-state index in [-0.39, 0.29) is 0 Å². The second kappa shape index (κ2) is 27.3. The molecule has 0 amide bonds. The molecule has 0 aliphatic carbocycles. The third-order valence-electron chi connectivity index (χ3n) is 5.27. The molecule has 0 radical (unpaired) electrons. The van der Waals surface area contributed by atoms with Crippen LogP contribution in [0.5, 0.6) is 0 Å². The molecule has 0 atom stereocenters. The first-order valence-corrected chi connectivity index (χ1v) is 13.7. The van der Waals surface area contributed by atoms with Crippen LogP contribution in [0.15, 0.2) is 0 Å². The molecule has 0 saturated heterocycles. The SMILES string of the molecule is CCCCCCCCCCCCCCOCCOCCOCCOCCOCCO[N+](C)(C)O. The van der Waals surface area contributed by atoms with Crippen LogP contribution in [0.1, 0.15) is 84.0 Å². The predicted octanol–water partition coefficient (Wildman–Crippen LogP) is 5.17. The van der Waals surface area contributed by atoms with E-state index in [0.29, 0.717) is 66.1 Å². The van der Waals surface area contributed by atoms with Gasteiger partial charge in [-0.25, -0.2) is 0 Å². The maximum atomic E-state index is 9.32. The van der Waals surface area contributed by atoms with Gasteiger partial charge in [-0.1, -0.05) is 82.4 Å². The molecule has 0 aliphatic rings. The summed E-state index contributed by atoms with van der Waals surface area (Å²) in [6.07, 6.45) is 16.4. The van der Waals surface area contributed by atoms with E-state index in [1.807, 2.05) is 0 Å². The average Bonchev–Trinajstić information content (AvgIpc) is 2.80. The lowest BCUT2D eigenvalue weighted by Crippen LogP contribution is -2.36. The second-order valence-electron chi connectivity index (χ2n) is 9.08. The molecule has 0 aromatic carbocycles. The van der Waals surface area contributed by atoms with E-state index in [1.54, 1.807) is 0 Å². The van der Waals surface area contributed by atoms with Crippen molar-refractivity contribution in [3.63, 3.8) is 0 Å². The van der Waals surface area contributed by atoms with Gasteiger partial charge in [0.1, 0.15) is 20.7 Å². The molecule has 0 bridgehead atoms. The monoisotopic (exact) mass is 494 g/mol. The fraction of sp³-hybridized carbons (Fsp3) is 1.00. The van der Waals surface area contributed by atoms with Gasteiger partial charge in [0.25, 0.3) is 0 Å². The lowest BCUT2D eigenvalue weighted by atomic mass is 10.1. The molecule has 0 unspecified atom stereocenters. The summed E-state index contributed by atoms with van der Waals surface area (Å²) in [6.45, 7) is 8.34. The van der Waals surface area contributed by atoms with Gasteiger partial charge in [-0.3, -0.25) is 0 Å². The van der Waals surface area contributed by atoms with Gasteiger partial charge in [0, 0.05) is 6.61 Å². The number of hydrogen-bond donors (Lipinski definition) is 1. The van der Waals surface area contributed by atoms with Crippen molar-refractivity contribution in [3.8, 4) is 0 Å². The summed E-state index contributed by atoms with van der Waals surface area (Å²) in [5.41, 5.74) is 0. The van der Waals surface area contributed by atoms with Crippen molar-refractivity contribution in [2.24, 2.45) is 0 Å². The van der Waals surface area contributed by atoms with Crippen LogP contribution in [0.25, 0.3) is 0 Å². The van der Waals surface area contributed by atoms with Crippen LogP contribution in [0.3, 0.4) is 0 Å². The Labute approximate surface area is 209 Å². The van der Waals surface area contributed by atoms with Crippen LogP contribution in [-0.4, -0.2) is 96.8 Å². The summed E-state index contributed by atoms with van der Waals surface area (Å²) < 4.78 is 27.4. The largest absolute Gasteiger partial charge is 0.379 e. The highest BCUT2D eigenvalue weighted by molar-refractivity contribution is 4.48. The summed E-state index contributed by atoms with van der Waals surface area (Å²) in [6, 6.07) is 0. The molecular weight excluding hydrogens is 438 g/mol. The molecule has 0 aromatic heterocycles. The summed E-state index contributed by atoms with van der Waals surface area (Å²) in [5, 5.41) is 9.32. The minimum atomic E-state index is -0.520. The van der Waals surface area contributed by atoms with E-state index in [2.05, 4.69) is 6.92 Å². The van der Waals surface area contributed by atoms with Gasteiger partial charge in [-0.2, -0.15) is 10.0 Å². The average molecular weight is 495 g/mol. The Balaban J connectivity index is 3.03. The van der Waals surface area contributed by atoms with Crippen LogP contribution in [-0.2, 0) is 28.5 Å². The van der Waals surface area contributed by atoms with E-state index >= 15 is 0 Å². The fourth-order valence-corrected chi connectivity index (χ4v) is 3.35. The number of hydrogen-bond acceptors (Lipinski definition) is 7. The van der Waals surface area contributed by atoms with Crippen LogP contribution >= 0.6 is 0 Å². The van der Waals surface area contributed by atoms with E-state index < -0.39 is 4.81 Å². The van der Waals surface area contributed by atoms with E-state index in [4.69, 9.17) is 28.5 Å². The van der Waals surface area contributed by atoms with Crippen molar-refractivity contribution in [3.05, 3.63) is 0 Å². The van der Waals surface area contributed by atoms with Gasteiger partial charge in [-0.05, 0) is 6.42 Å². The van der Waals surface area contributed by atoms with Gasteiger partial charge in [-0.15, -0.1) is 0 Å². The van der Waals surface area contributed by atoms with Crippen molar-refractivity contribution in [1.82, 2.24) is 0 Å². The molecule has 0 aliphatic heterocycles. The molecule has 1 N–H and O–H groups in total. The summed E-state index contributed by atoms with van der Waals surface area (Å²) >= 11 is 0. The summed E-state index contributed by atoms with van der Waals surface area (Å²) in [5.74, 6) is 0. The van der Waals surface area contributed by atoms with Gasteiger partial charge in [0.2, 0.25) is 0 Å². The smallest absolute Gasteiger partial charge is 0.134 e. The molecule has 34 heavy (non-hydrogen) atoms. The zero-order valence-electron chi connectivity index (χ0n) is 22.6. The number of quaternary nitrogens is 1. The second-order valence-corrected chi connectivity index (χ2v) is 9.08. The van der Waals surface area contributed by atoms with Crippen molar-refractivity contribution in [2.45, 2.75) is 84.0 Å².